The van der Waals surface area contributed by atoms with Crippen LogP contribution >= 0.6 is 11.3 Å². The molecule has 0 aliphatic carbocycles. The second-order valence-corrected chi connectivity index (χ2v) is 10.8. The lowest BCUT2D eigenvalue weighted by Crippen LogP contribution is -2.37. The van der Waals surface area contributed by atoms with Gasteiger partial charge in [-0.15, -0.1) is 11.3 Å². The second-order valence-electron chi connectivity index (χ2n) is 7.92. The maximum absolute atomic E-state index is 13.1. The average Bonchev–Trinajstić information content (AvgIpc) is 3.41. The van der Waals surface area contributed by atoms with Gasteiger partial charge in [-0.1, -0.05) is 12.1 Å². The smallest absolute Gasteiger partial charge is 0.350 e. The first-order valence-electron chi connectivity index (χ1n) is 10.4. The van der Waals surface area contributed by atoms with Crippen molar-refractivity contribution in [1.82, 2.24) is 24.0 Å². The van der Waals surface area contributed by atoms with Gasteiger partial charge < -0.3 is 5.32 Å². The Morgan fingerprint density at radius 2 is 1.91 bits per heavy atom. The highest BCUT2D eigenvalue weighted by Gasteiger charge is 2.30. The summed E-state index contributed by atoms with van der Waals surface area (Å²) in [4.78, 5) is 25.6. The summed E-state index contributed by atoms with van der Waals surface area (Å²) >= 11 is 1.39. The number of piperidine rings is 1. The van der Waals surface area contributed by atoms with Crippen molar-refractivity contribution < 1.29 is 17.6 Å². The number of nitrogens with zero attached hydrogens (tertiary/aromatic N) is 4. The van der Waals surface area contributed by atoms with Gasteiger partial charge in [0.1, 0.15) is 23.2 Å². The lowest BCUT2D eigenvalue weighted by molar-refractivity contribution is -0.122. The minimum Gasteiger partial charge on any atom is -0.350 e. The first-order chi connectivity index (χ1) is 15.7. The summed E-state index contributed by atoms with van der Waals surface area (Å²) in [5.41, 5.74) is 0.314. The number of hydrogen-bond acceptors (Lipinski definition) is 6. The molecule has 1 aromatic carbocycles. The van der Waals surface area contributed by atoms with E-state index in [-0.39, 0.29) is 24.8 Å². The van der Waals surface area contributed by atoms with Gasteiger partial charge in [-0.2, -0.15) is 5.10 Å². The Morgan fingerprint density at radius 3 is 2.52 bits per heavy atom. The predicted octanol–water partition coefficient (Wildman–Crippen LogP) is 1.69. The van der Waals surface area contributed by atoms with Crippen molar-refractivity contribution in [2.24, 2.45) is 0 Å². The maximum atomic E-state index is 13.1. The first-order valence-corrected chi connectivity index (χ1v) is 13.1. The fraction of sp³-hybridized carbons (Fsp3) is 0.381. The van der Waals surface area contributed by atoms with E-state index in [1.54, 1.807) is 12.1 Å². The average molecular weight is 494 g/mol. The Labute approximate surface area is 194 Å². The molecule has 0 radical (unpaired) electrons. The van der Waals surface area contributed by atoms with Crippen LogP contribution < -0.4 is 11.0 Å². The molecule has 1 aliphatic heterocycles. The van der Waals surface area contributed by atoms with E-state index >= 15 is 0 Å². The van der Waals surface area contributed by atoms with Gasteiger partial charge >= 0.3 is 5.69 Å². The highest BCUT2D eigenvalue weighted by atomic mass is 32.2. The lowest BCUT2D eigenvalue weighted by Gasteiger charge is -2.29. The summed E-state index contributed by atoms with van der Waals surface area (Å²) in [5.74, 6) is -0.329. The van der Waals surface area contributed by atoms with Crippen LogP contribution in [0.25, 0.3) is 5.00 Å². The molecular formula is C21H24FN5O4S2. The molecule has 1 amide bonds. The lowest BCUT2D eigenvalue weighted by atomic mass is 9.97. The molecule has 0 unspecified atom stereocenters. The molecule has 2 aromatic heterocycles. The van der Waals surface area contributed by atoms with Gasteiger partial charge in [0, 0.05) is 25.6 Å². The molecule has 1 N–H and O–H groups in total. The number of sulfonamides is 1. The molecule has 1 aliphatic rings. The molecular weight excluding hydrogens is 469 g/mol. The SMILES string of the molecule is CS(=O)(=O)N1CCC(c2nn(CC(=O)NCc3ccc(F)cc3)c(=O)n2-c2cccs2)CC1. The Morgan fingerprint density at radius 1 is 1.21 bits per heavy atom. The maximum Gasteiger partial charge on any atom is 0.351 e. The third-order valence-corrected chi connectivity index (χ3v) is 7.73. The molecule has 0 saturated carbocycles. The molecule has 0 bridgehead atoms. The van der Waals surface area contributed by atoms with Crippen LogP contribution in [0.4, 0.5) is 4.39 Å². The number of benzene rings is 1. The van der Waals surface area contributed by atoms with Crippen LogP contribution in [0.1, 0.15) is 30.1 Å². The Balaban J connectivity index is 1.53. The standard InChI is InChI=1S/C21H24FN5O4S2/c1-33(30,31)25-10-8-16(9-11-25)20-24-26(21(29)27(20)19-3-2-12-32-19)14-18(28)23-13-15-4-6-17(22)7-5-15/h2-7,12,16H,8-11,13-14H2,1H3,(H,23,28). The van der Waals surface area contributed by atoms with Gasteiger partial charge in [0.2, 0.25) is 15.9 Å². The number of rotatable bonds is 7. The minimum absolute atomic E-state index is 0.110. The highest BCUT2D eigenvalue weighted by molar-refractivity contribution is 7.88. The van der Waals surface area contributed by atoms with E-state index < -0.39 is 21.6 Å². The van der Waals surface area contributed by atoms with E-state index in [9.17, 15) is 22.4 Å². The largest absolute Gasteiger partial charge is 0.351 e. The van der Waals surface area contributed by atoms with Crippen molar-refractivity contribution in [3.63, 3.8) is 0 Å². The van der Waals surface area contributed by atoms with Crippen molar-refractivity contribution >= 4 is 27.3 Å². The van der Waals surface area contributed by atoms with Gasteiger partial charge in [-0.05, 0) is 48.1 Å². The first kappa shape index (κ1) is 23.3. The molecule has 3 heterocycles. The number of thiophene rings is 1. The number of carbonyl (C=O) groups is 1. The quantitative estimate of drug-likeness (QED) is 0.539. The van der Waals surface area contributed by atoms with Crippen LogP contribution in [0, 0.1) is 5.82 Å². The second kappa shape index (κ2) is 9.57. The summed E-state index contributed by atoms with van der Waals surface area (Å²) < 4.78 is 40.8. The summed E-state index contributed by atoms with van der Waals surface area (Å²) in [5, 5.41) is 9.74. The Bertz CT molecular complexity index is 1280. The van der Waals surface area contributed by atoms with Gasteiger partial charge in [0.25, 0.3) is 0 Å². The molecule has 12 heteroatoms. The number of carbonyl (C=O) groups excluding carboxylic acids is 1. The van der Waals surface area contributed by atoms with Crippen LogP contribution in [0.3, 0.4) is 0 Å². The monoisotopic (exact) mass is 493 g/mol. The fourth-order valence-corrected chi connectivity index (χ4v) is 5.44. The highest BCUT2D eigenvalue weighted by Crippen LogP contribution is 2.29. The van der Waals surface area contributed by atoms with Crippen molar-refractivity contribution in [3.05, 3.63) is 69.5 Å². The zero-order valence-electron chi connectivity index (χ0n) is 18.0. The molecule has 1 fully saturated rings. The van der Waals surface area contributed by atoms with Crippen LogP contribution in [0.15, 0.2) is 46.6 Å². The molecule has 0 atom stereocenters. The summed E-state index contributed by atoms with van der Waals surface area (Å²) in [6.07, 6.45) is 2.26. The third kappa shape index (κ3) is 5.40. The molecule has 176 valence electrons. The number of amides is 1. The number of nitrogens with one attached hydrogen (secondary N) is 1. The molecule has 9 nitrogen and oxygen atoms in total. The van der Waals surface area contributed by atoms with Crippen molar-refractivity contribution in [2.75, 3.05) is 19.3 Å². The van der Waals surface area contributed by atoms with Crippen LogP contribution in [-0.2, 0) is 27.9 Å². The van der Waals surface area contributed by atoms with Crippen molar-refractivity contribution in [2.45, 2.75) is 31.8 Å². The zero-order chi connectivity index (χ0) is 23.6. The molecule has 1 saturated heterocycles. The van der Waals surface area contributed by atoms with Crippen LogP contribution in [-0.4, -0.2) is 52.3 Å². The number of aromatic nitrogens is 3. The van der Waals surface area contributed by atoms with Gasteiger partial charge in [-0.25, -0.2) is 31.2 Å². The van der Waals surface area contributed by atoms with Gasteiger partial charge in [-0.3, -0.25) is 4.79 Å². The molecule has 3 aromatic rings. The van der Waals surface area contributed by atoms with E-state index in [0.29, 0.717) is 36.8 Å². The summed E-state index contributed by atoms with van der Waals surface area (Å²) in [7, 11) is -3.27. The van der Waals surface area contributed by atoms with Crippen LogP contribution in [0.5, 0.6) is 0 Å². The zero-order valence-corrected chi connectivity index (χ0v) is 19.6. The Hall–Kier alpha value is -2.83. The topological polar surface area (TPSA) is 106 Å². The molecule has 4 rings (SSSR count). The fourth-order valence-electron chi connectivity index (χ4n) is 3.84. The normalized spacial score (nSPS) is 15.6. The van der Waals surface area contributed by atoms with E-state index in [0.717, 1.165) is 10.2 Å². The summed E-state index contributed by atoms with van der Waals surface area (Å²) in [6, 6.07) is 9.42. The van der Waals surface area contributed by atoms with Gasteiger partial charge in [0.15, 0.2) is 0 Å². The van der Waals surface area contributed by atoms with E-state index in [1.165, 1.54) is 38.6 Å². The predicted molar refractivity (Wildman–Crippen MR) is 122 cm³/mol. The van der Waals surface area contributed by atoms with Crippen LogP contribution in [0.2, 0.25) is 0 Å². The van der Waals surface area contributed by atoms with E-state index in [2.05, 4.69) is 10.4 Å². The number of hydrogen-bond donors (Lipinski definition) is 1. The van der Waals surface area contributed by atoms with Crippen molar-refractivity contribution in [1.29, 1.82) is 0 Å². The van der Waals surface area contributed by atoms with Gasteiger partial charge in [0.05, 0.1) is 6.26 Å². The van der Waals surface area contributed by atoms with E-state index in [1.807, 2.05) is 17.5 Å². The Kier molecular flexibility index (Phi) is 6.77. The summed E-state index contributed by atoms with van der Waals surface area (Å²) in [6.45, 7) is 0.657. The molecule has 0 spiro atoms. The third-order valence-electron chi connectivity index (χ3n) is 5.58. The van der Waals surface area contributed by atoms with Crippen molar-refractivity contribution in [3.8, 4) is 5.00 Å². The molecule has 33 heavy (non-hydrogen) atoms. The van der Waals surface area contributed by atoms with E-state index in [4.69, 9.17) is 0 Å². The number of halogens is 1. The minimum atomic E-state index is -3.27.